The van der Waals surface area contributed by atoms with Gasteiger partial charge in [0, 0.05) is 47.7 Å². The quantitative estimate of drug-likeness (QED) is 0.238. The van der Waals surface area contributed by atoms with Crippen molar-refractivity contribution in [3.05, 3.63) is 70.1 Å². The first-order chi connectivity index (χ1) is 22.2. The van der Waals surface area contributed by atoms with Crippen LogP contribution >= 0.6 is 0 Å². The highest BCUT2D eigenvalue weighted by molar-refractivity contribution is 6.10. The summed E-state index contributed by atoms with van der Waals surface area (Å²) >= 11 is 0. The number of fused-ring (bicyclic) bond motifs is 3. The van der Waals surface area contributed by atoms with Crippen molar-refractivity contribution in [2.75, 3.05) is 13.7 Å². The van der Waals surface area contributed by atoms with Gasteiger partial charge in [-0.15, -0.1) is 0 Å². The summed E-state index contributed by atoms with van der Waals surface area (Å²) in [6, 6.07) is 9.67. The lowest BCUT2D eigenvalue weighted by Gasteiger charge is -2.35. The minimum Gasteiger partial charge on any atom is -0.496 e. The normalized spacial score (nSPS) is 24.2. The van der Waals surface area contributed by atoms with Gasteiger partial charge in [0.25, 0.3) is 0 Å². The first kappa shape index (κ1) is 30.3. The predicted octanol–water partition coefficient (Wildman–Crippen LogP) is 6.12. The number of allylic oxidation sites excluding steroid dienone is 3. The number of aromatic nitrogens is 1. The summed E-state index contributed by atoms with van der Waals surface area (Å²) < 4.78 is 24.0. The van der Waals surface area contributed by atoms with Crippen LogP contribution in [0.2, 0.25) is 0 Å². The third-order valence-corrected chi connectivity index (χ3v) is 10.4. The number of H-pyrrole nitrogens is 1. The number of aromatic amines is 1. The van der Waals surface area contributed by atoms with Crippen molar-refractivity contribution in [1.29, 1.82) is 0 Å². The fraction of sp³-hybridized carbons (Fsp3) is 0.432. The lowest BCUT2D eigenvalue weighted by atomic mass is 9.75. The van der Waals surface area contributed by atoms with E-state index in [9.17, 15) is 19.5 Å². The van der Waals surface area contributed by atoms with Crippen molar-refractivity contribution in [1.82, 2.24) is 4.98 Å². The van der Waals surface area contributed by atoms with Gasteiger partial charge >= 0.3 is 5.97 Å². The van der Waals surface area contributed by atoms with Crippen LogP contribution in [0, 0.1) is 5.92 Å². The summed E-state index contributed by atoms with van der Waals surface area (Å²) in [6.45, 7) is 3.64. The molecule has 2 fully saturated rings. The maximum atomic E-state index is 13.4. The molecule has 0 bridgehead atoms. The number of carbonyl (C=O) groups excluding carboxylic acids is 3. The predicted molar refractivity (Wildman–Crippen MR) is 171 cm³/mol. The highest BCUT2D eigenvalue weighted by Gasteiger charge is 2.47. The highest BCUT2D eigenvalue weighted by Crippen LogP contribution is 2.54. The van der Waals surface area contributed by atoms with Crippen LogP contribution in [0.4, 0.5) is 0 Å². The number of aldehydes is 1. The van der Waals surface area contributed by atoms with Crippen LogP contribution in [-0.2, 0) is 25.5 Å². The Morgan fingerprint density at radius 3 is 2.67 bits per heavy atom. The number of hydrogen-bond donors (Lipinski definition) is 2. The second-order valence-corrected chi connectivity index (χ2v) is 13.0. The number of methoxy groups -OCH3 is 1. The smallest absolute Gasteiger partial charge is 0.375 e. The van der Waals surface area contributed by atoms with Crippen molar-refractivity contribution < 1.29 is 38.4 Å². The van der Waals surface area contributed by atoms with Crippen LogP contribution in [0.5, 0.6) is 17.2 Å². The molecule has 0 amide bonds. The standard InChI is InChI=1S/C37H39NO8/c1-4-44-36(41)35-26(19-39)32(22-10-12-28(40)24(16-22)20-9-11-27-21(15-20)13-14-38-27)33-30(46-35)18-29-25(34(33)43-3)17-31(45-29)37(2,42)23-7-5-6-8-23/h9,11,13-15,18-19,23-24,31,38,42H,4-8,10,12,16-17H2,1-3H3. The van der Waals surface area contributed by atoms with Gasteiger partial charge in [-0.2, -0.15) is 0 Å². The molecule has 240 valence electrons. The van der Waals surface area contributed by atoms with E-state index in [0.29, 0.717) is 53.9 Å². The minimum absolute atomic E-state index is 0.0711. The Labute approximate surface area is 267 Å². The highest BCUT2D eigenvalue weighted by atomic mass is 16.6. The van der Waals surface area contributed by atoms with E-state index in [1.165, 1.54) is 0 Å². The molecule has 3 aromatic rings. The van der Waals surface area contributed by atoms with E-state index < -0.39 is 23.6 Å². The molecule has 4 aliphatic rings. The van der Waals surface area contributed by atoms with Crippen LogP contribution in [0.25, 0.3) is 16.5 Å². The first-order valence-corrected chi connectivity index (χ1v) is 16.2. The number of ketones is 1. The molecule has 0 spiro atoms. The summed E-state index contributed by atoms with van der Waals surface area (Å²) in [5, 5.41) is 12.7. The maximum absolute atomic E-state index is 13.4. The number of Topliss-reactive ketones (excluding diaryl/α,β-unsaturated/α-hetero) is 1. The lowest BCUT2D eigenvalue weighted by Crippen LogP contribution is -2.47. The molecule has 0 radical (unpaired) electrons. The number of aliphatic hydroxyl groups is 1. The number of hydrogen-bond acceptors (Lipinski definition) is 8. The number of carbonyl (C=O) groups is 3. The molecule has 3 atom stereocenters. The van der Waals surface area contributed by atoms with Crippen molar-refractivity contribution in [3.8, 4) is 17.2 Å². The molecule has 7 rings (SSSR count). The van der Waals surface area contributed by atoms with Gasteiger partial charge in [0.2, 0.25) is 5.76 Å². The molecule has 3 heterocycles. The zero-order chi connectivity index (χ0) is 32.2. The van der Waals surface area contributed by atoms with E-state index in [4.69, 9.17) is 18.9 Å². The topological polar surface area (TPSA) is 124 Å². The van der Waals surface area contributed by atoms with Gasteiger partial charge in [0.1, 0.15) is 34.7 Å². The average Bonchev–Trinajstić information content (AvgIpc) is 3.84. The Bertz CT molecular complexity index is 1800. The summed E-state index contributed by atoms with van der Waals surface area (Å²) in [6.07, 6.45) is 7.55. The summed E-state index contributed by atoms with van der Waals surface area (Å²) in [5.41, 5.74) is 3.62. The molecule has 2 aromatic carbocycles. The largest absolute Gasteiger partial charge is 0.496 e. The van der Waals surface area contributed by atoms with Crippen LogP contribution < -0.4 is 14.2 Å². The van der Waals surface area contributed by atoms with Gasteiger partial charge in [-0.25, -0.2) is 4.79 Å². The number of esters is 1. The molecular weight excluding hydrogens is 586 g/mol. The van der Waals surface area contributed by atoms with Crippen LogP contribution in [0.1, 0.15) is 81.4 Å². The zero-order valence-electron chi connectivity index (χ0n) is 26.4. The van der Waals surface area contributed by atoms with Crippen LogP contribution in [0.15, 0.2) is 53.4 Å². The van der Waals surface area contributed by atoms with Crippen molar-refractivity contribution in [3.63, 3.8) is 0 Å². The Morgan fingerprint density at radius 1 is 1.13 bits per heavy atom. The minimum atomic E-state index is -1.05. The van der Waals surface area contributed by atoms with E-state index in [-0.39, 0.29) is 36.1 Å². The molecule has 2 saturated carbocycles. The molecule has 2 aliphatic heterocycles. The molecule has 1 aromatic heterocycles. The zero-order valence-corrected chi connectivity index (χ0v) is 26.4. The third kappa shape index (κ3) is 4.92. The number of benzene rings is 2. The van der Waals surface area contributed by atoms with Gasteiger partial charge in [-0.05, 0) is 74.6 Å². The van der Waals surface area contributed by atoms with Gasteiger partial charge in [-0.3, -0.25) is 9.59 Å². The van der Waals surface area contributed by atoms with Gasteiger partial charge in [0.15, 0.2) is 6.29 Å². The van der Waals surface area contributed by atoms with Gasteiger partial charge in [0.05, 0.1) is 24.9 Å². The SMILES string of the molecule is CCOC(=O)C1=C(C=O)C(=C2CCC(=O)C(c3ccc4[nH]ccc4c3)C2)c2c(cc3c(c2OC)CC(C(C)(O)C2CCCC2)O3)O1. The molecule has 9 nitrogen and oxygen atoms in total. The Morgan fingerprint density at radius 2 is 1.93 bits per heavy atom. The number of rotatable bonds is 7. The fourth-order valence-electron chi connectivity index (χ4n) is 7.94. The lowest BCUT2D eigenvalue weighted by molar-refractivity contribution is -0.141. The number of nitrogens with one attached hydrogen (secondary N) is 1. The van der Waals surface area contributed by atoms with Crippen molar-refractivity contribution >= 4 is 34.5 Å². The fourth-order valence-corrected chi connectivity index (χ4v) is 7.94. The first-order valence-electron chi connectivity index (χ1n) is 16.2. The van der Waals surface area contributed by atoms with Gasteiger partial charge in [-0.1, -0.05) is 24.5 Å². The molecule has 2 N–H and O–H groups in total. The Balaban J connectivity index is 1.37. The summed E-state index contributed by atoms with van der Waals surface area (Å²) in [5.74, 6) is 0.162. The number of ether oxygens (including phenoxy) is 4. The Hall–Kier alpha value is -4.37. The molecule has 0 saturated heterocycles. The van der Waals surface area contributed by atoms with E-state index in [1.807, 2.05) is 37.4 Å². The monoisotopic (exact) mass is 625 g/mol. The summed E-state index contributed by atoms with van der Waals surface area (Å²) in [4.78, 5) is 42.7. The van der Waals surface area contributed by atoms with Crippen LogP contribution in [-0.4, -0.2) is 53.6 Å². The molecule has 46 heavy (non-hydrogen) atoms. The maximum Gasteiger partial charge on any atom is 0.375 e. The van der Waals surface area contributed by atoms with Gasteiger partial charge < -0.3 is 29.0 Å². The van der Waals surface area contributed by atoms with Crippen molar-refractivity contribution in [2.45, 2.75) is 82.8 Å². The van der Waals surface area contributed by atoms with Crippen molar-refractivity contribution in [2.24, 2.45) is 5.92 Å². The van der Waals surface area contributed by atoms with E-state index in [1.54, 1.807) is 20.1 Å². The van der Waals surface area contributed by atoms with E-state index in [0.717, 1.165) is 53.3 Å². The van der Waals surface area contributed by atoms with Crippen LogP contribution in [0.3, 0.4) is 0 Å². The second-order valence-electron chi connectivity index (χ2n) is 13.0. The van der Waals surface area contributed by atoms with E-state index in [2.05, 4.69) is 4.98 Å². The average molecular weight is 626 g/mol. The Kier molecular flexibility index (Phi) is 7.75. The molecule has 2 aliphatic carbocycles. The summed E-state index contributed by atoms with van der Waals surface area (Å²) in [7, 11) is 1.56. The second kappa shape index (κ2) is 11.8. The molecular formula is C37H39NO8. The molecule has 9 heteroatoms. The molecule has 3 unspecified atom stereocenters. The third-order valence-electron chi connectivity index (χ3n) is 10.4. The van der Waals surface area contributed by atoms with E-state index >= 15 is 0 Å².